The maximum atomic E-state index is 13.4. The number of pyridine rings is 1. The standard InChI is InChI=1S/C25H18ClN7O3/c26-16-6-8-19(32-13-27-30-31-32)18(12-16)15-10-17-7-9-20(33(17)21(34)11-15)24-28-22(23(29-24)25(35)36)14-4-2-1-3-5-14/h1-6,8,10-13,20H,7,9H2,(H,28,29)(H,35,36)/t20-/m0/s1. The van der Waals surface area contributed by atoms with Crippen LogP contribution in [-0.2, 0) is 6.42 Å². The first-order valence-electron chi connectivity index (χ1n) is 11.2. The summed E-state index contributed by atoms with van der Waals surface area (Å²) in [4.78, 5) is 32.9. The first kappa shape index (κ1) is 21.9. The molecule has 1 aliphatic rings. The molecule has 0 aliphatic carbocycles. The van der Waals surface area contributed by atoms with Crippen LogP contribution in [-0.4, -0.2) is 45.8 Å². The maximum absolute atomic E-state index is 13.4. The van der Waals surface area contributed by atoms with Crippen LogP contribution in [0.15, 0.2) is 71.8 Å². The molecule has 0 amide bonds. The van der Waals surface area contributed by atoms with Gasteiger partial charge in [-0.1, -0.05) is 41.9 Å². The molecule has 2 N–H and O–H groups in total. The molecule has 178 valence electrons. The van der Waals surface area contributed by atoms with Gasteiger partial charge < -0.3 is 14.7 Å². The number of carboxylic acid groups (broad SMARTS) is 1. The number of aromatic amines is 1. The van der Waals surface area contributed by atoms with Gasteiger partial charge >= 0.3 is 5.97 Å². The highest BCUT2D eigenvalue weighted by molar-refractivity contribution is 6.31. The minimum atomic E-state index is -1.13. The van der Waals surface area contributed by atoms with E-state index in [-0.39, 0.29) is 11.3 Å². The summed E-state index contributed by atoms with van der Waals surface area (Å²) in [7, 11) is 0. The van der Waals surface area contributed by atoms with Gasteiger partial charge in [-0.15, -0.1) is 5.10 Å². The zero-order valence-corrected chi connectivity index (χ0v) is 19.4. The second-order valence-corrected chi connectivity index (χ2v) is 8.87. The molecule has 36 heavy (non-hydrogen) atoms. The molecule has 11 heteroatoms. The fraction of sp³-hybridized carbons (Fsp3) is 0.120. The number of tetrazole rings is 1. The van der Waals surface area contributed by atoms with Crippen LogP contribution >= 0.6 is 11.6 Å². The van der Waals surface area contributed by atoms with E-state index in [4.69, 9.17) is 11.6 Å². The average Bonchev–Trinajstić information content (AvgIpc) is 3.64. The number of imidazole rings is 1. The highest BCUT2D eigenvalue weighted by Crippen LogP contribution is 2.35. The van der Waals surface area contributed by atoms with Crippen LogP contribution in [0.3, 0.4) is 0 Å². The van der Waals surface area contributed by atoms with Crippen LogP contribution in [0.25, 0.3) is 28.1 Å². The molecule has 10 nitrogen and oxygen atoms in total. The number of hydrogen-bond donors (Lipinski definition) is 2. The monoisotopic (exact) mass is 499 g/mol. The molecule has 0 radical (unpaired) electrons. The van der Waals surface area contributed by atoms with E-state index in [9.17, 15) is 14.7 Å². The summed E-state index contributed by atoms with van der Waals surface area (Å²) >= 11 is 6.28. The normalized spacial score (nSPS) is 14.6. The number of rotatable bonds is 5. The molecule has 6 rings (SSSR count). The van der Waals surface area contributed by atoms with Gasteiger partial charge in [0.05, 0.1) is 17.4 Å². The number of H-pyrrole nitrogens is 1. The van der Waals surface area contributed by atoms with Crippen molar-refractivity contribution in [2.45, 2.75) is 18.9 Å². The number of halogens is 1. The Balaban J connectivity index is 1.44. The Morgan fingerprint density at radius 2 is 1.92 bits per heavy atom. The topological polar surface area (TPSA) is 132 Å². The lowest BCUT2D eigenvalue weighted by Gasteiger charge is -2.15. The highest BCUT2D eigenvalue weighted by atomic mass is 35.5. The van der Waals surface area contributed by atoms with Crippen molar-refractivity contribution in [2.24, 2.45) is 0 Å². The summed E-state index contributed by atoms with van der Waals surface area (Å²) in [5, 5.41) is 21.6. The zero-order chi connectivity index (χ0) is 24.8. The number of carbonyl (C=O) groups is 1. The lowest BCUT2D eigenvalue weighted by molar-refractivity contribution is 0.0691. The molecule has 0 bridgehead atoms. The van der Waals surface area contributed by atoms with E-state index in [1.807, 2.05) is 36.4 Å². The van der Waals surface area contributed by atoms with Crippen molar-refractivity contribution < 1.29 is 9.90 Å². The van der Waals surface area contributed by atoms with Gasteiger partial charge in [-0.2, -0.15) is 4.68 Å². The van der Waals surface area contributed by atoms with Gasteiger partial charge in [-0.05, 0) is 53.1 Å². The number of aryl methyl sites for hydroxylation is 1. The Bertz CT molecular complexity index is 1660. The smallest absolute Gasteiger partial charge is 0.356 e. The third kappa shape index (κ3) is 3.68. The Kier molecular flexibility index (Phi) is 5.23. The van der Waals surface area contributed by atoms with Crippen LogP contribution in [0.1, 0.15) is 34.5 Å². The van der Waals surface area contributed by atoms with Gasteiger partial charge in [0, 0.05) is 27.9 Å². The Morgan fingerprint density at radius 3 is 2.67 bits per heavy atom. The van der Waals surface area contributed by atoms with Crippen molar-refractivity contribution in [1.82, 2.24) is 34.7 Å². The van der Waals surface area contributed by atoms with Crippen LogP contribution in [0.2, 0.25) is 5.02 Å². The van der Waals surface area contributed by atoms with Crippen molar-refractivity contribution in [3.8, 4) is 28.1 Å². The molecule has 1 atom stereocenters. The van der Waals surface area contributed by atoms with Crippen molar-refractivity contribution in [3.63, 3.8) is 0 Å². The molecule has 3 aromatic heterocycles. The van der Waals surface area contributed by atoms with Gasteiger partial charge in [-0.25, -0.2) is 9.78 Å². The van der Waals surface area contributed by atoms with Crippen LogP contribution in [0.5, 0.6) is 0 Å². The van der Waals surface area contributed by atoms with Crippen LogP contribution < -0.4 is 5.56 Å². The molecule has 4 heterocycles. The van der Waals surface area contributed by atoms with Crippen molar-refractivity contribution in [2.75, 3.05) is 0 Å². The first-order chi connectivity index (χ1) is 17.5. The number of aromatic nitrogens is 7. The maximum Gasteiger partial charge on any atom is 0.356 e. The van der Waals surface area contributed by atoms with Gasteiger partial charge in [-0.3, -0.25) is 4.79 Å². The lowest BCUT2D eigenvalue weighted by Crippen LogP contribution is -2.24. The number of benzene rings is 2. The van der Waals surface area contributed by atoms with E-state index in [0.29, 0.717) is 46.2 Å². The second-order valence-electron chi connectivity index (χ2n) is 8.43. The van der Waals surface area contributed by atoms with Gasteiger partial charge in [0.1, 0.15) is 12.2 Å². The molecular formula is C25H18ClN7O3. The van der Waals surface area contributed by atoms with Gasteiger partial charge in [0.2, 0.25) is 0 Å². The Labute approximate surface area is 208 Å². The predicted octanol–water partition coefficient (Wildman–Crippen LogP) is 3.77. The summed E-state index contributed by atoms with van der Waals surface area (Å²) in [6.07, 6.45) is 2.71. The first-order valence-corrected chi connectivity index (χ1v) is 11.5. The molecule has 0 saturated carbocycles. The summed E-state index contributed by atoms with van der Waals surface area (Å²) in [5.74, 6) is -0.689. The Hall–Kier alpha value is -4.57. The van der Waals surface area contributed by atoms with E-state index in [2.05, 4.69) is 25.5 Å². The third-order valence-corrected chi connectivity index (χ3v) is 6.54. The summed E-state index contributed by atoms with van der Waals surface area (Å²) < 4.78 is 3.19. The Morgan fingerprint density at radius 1 is 1.08 bits per heavy atom. The molecule has 0 fully saturated rings. The highest BCUT2D eigenvalue weighted by Gasteiger charge is 2.30. The number of nitrogens with zero attached hydrogens (tertiary/aromatic N) is 6. The molecule has 5 aromatic rings. The fourth-order valence-electron chi connectivity index (χ4n) is 4.74. The second kappa shape index (κ2) is 8.58. The van der Waals surface area contributed by atoms with Crippen molar-refractivity contribution in [3.05, 3.63) is 99.6 Å². The molecule has 2 aromatic carbocycles. The summed E-state index contributed by atoms with van der Waals surface area (Å²) in [5.41, 5.74) is 3.76. The molecule has 1 aliphatic heterocycles. The SMILES string of the molecule is O=C(O)c1nc([C@@H]2CCc3cc(-c4cc(Cl)ccc4-n4cnnn4)cc(=O)n32)[nH]c1-c1ccccc1. The zero-order valence-electron chi connectivity index (χ0n) is 18.7. The average molecular weight is 500 g/mol. The molecule has 0 unspecified atom stereocenters. The van der Waals surface area contributed by atoms with Crippen molar-refractivity contribution >= 4 is 17.6 Å². The molecule has 0 saturated heterocycles. The number of hydrogen-bond acceptors (Lipinski definition) is 6. The minimum Gasteiger partial charge on any atom is -0.476 e. The van der Waals surface area contributed by atoms with Gasteiger partial charge in [0.15, 0.2) is 5.69 Å². The molecular weight excluding hydrogens is 482 g/mol. The molecule has 0 spiro atoms. The van der Waals surface area contributed by atoms with Gasteiger partial charge in [0.25, 0.3) is 5.56 Å². The number of aromatic carboxylic acids is 1. The van der Waals surface area contributed by atoms with E-state index >= 15 is 0 Å². The predicted molar refractivity (Wildman–Crippen MR) is 131 cm³/mol. The fourth-order valence-corrected chi connectivity index (χ4v) is 4.91. The van der Waals surface area contributed by atoms with Crippen molar-refractivity contribution in [1.29, 1.82) is 0 Å². The minimum absolute atomic E-state index is 0.0701. The summed E-state index contributed by atoms with van der Waals surface area (Å²) in [6, 6.07) is 17.5. The van der Waals surface area contributed by atoms with E-state index in [1.165, 1.54) is 11.0 Å². The third-order valence-electron chi connectivity index (χ3n) is 6.30. The van der Waals surface area contributed by atoms with E-state index in [1.54, 1.807) is 28.8 Å². The number of nitrogens with one attached hydrogen (secondary N) is 1. The van der Waals surface area contributed by atoms with Crippen LogP contribution in [0.4, 0.5) is 0 Å². The van der Waals surface area contributed by atoms with E-state index < -0.39 is 12.0 Å². The quantitative estimate of drug-likeness (QED) is 0.376. The largest absolute Gasteiger partial charge is 0.476 e. The lowest BCUT2D eigenvalue weighted by atomic mass is 10.0. The number of carboxylic acids is 1. The summed E-state index contributed by atoms with van der Waals surface area (Å²) in [6.45, 7) is 0. The number of fused-ring (bicyclic) bond motifs is 1. The van der Waals surface area contributed by atoms with E-state index in [0.717, 1.165) is 11.3 Å². The van der Waals surface area contributed by atoms with Crippen LogP contribution in [0, 0.1) is 0 Å².